The first-order valence-corrected chi connectivity index (χ1v) is 10.5. The van der Waals surface area contributed by atoms with Gasteiger partial charge in [0.2, 0.25) is 0 Å². The molecule has 0 aromatic carbocycles. The van der Waals surface area contributed by atoms with Gasteiger partial charge in [-0.2, -0.15) is 0 Å². The fourth-order valence-corrected chi connectivity index (χ4v) is 4.68. The molecule has 0 saturated carbocycles. The second kappa shape index (κ2) is 7.30. The van der Waals surface area contributed by atoms with Crippen molar-refractivity contribution < 1.29 is 4.74 Å². The fraction of sp³-hybridized carbons (Fsp3) is 0.550. The van der Waals surface area contributed by atoms with Crippen LogP contribution in [0.15, 0.2) is 12.4 Å². The topological polar surface area (TPSA) is 63.2 Å². The molecule has 4 heterocycles. The molecule has 0 aliphatic carbocycles. The van der Waals surface area contributed by atoms with Gasteiger partial charge >= 0.3 is 0 Å². The number of thiophene rings is 1. The average Bonchev–Trinajstić information content (AvgIpc) is 3.01. The molecule has 0 atom stereocenters. The molecule has 0 unspecified atom stereocenters. The van der Waals surface area contributed by atoms with E-state index in [9.17, 15) is 0 Å². The average molecular weight is 386 g/mol. The number of nitrogens with zero attached hydrogens (tertiary/aromatic N) is 4. The van der Waals surface area contributed by atoms with Gasteiger partial charge in [-0.1, -0.05) is 13.8 Å². The molecule has 0 bridgehead atoms. The Morgan fingerprint density at radius 2 is 2.07 bits per heavy atom. The number of likely N-dealkylation sites (N-methyl/N-ethyl adjacent to an activating group) is 1. The number of hydrogen-bond donors (Lipinski definition) is 1. The van der Waals surface area contributed by atoms with Crippen molar-refractivity contribution in [3.63, 3.8) is 0 Å². The second-order valence-corrected chi connectivity index (χ2v) is 8.63. The molecule has 0 fully saturated rings. The van der Waals surface area contributed by atoms with Crippen LogP contribution in [0.2, 0.25) is 0 Å². The van der Waals surface area contributed by atoms with Gasteiger partial charge in [-0.15, -0.1) is 11.3 Å². The highest BCUT2D eigenvalue weighted by atomic mass is 32.1. The molecule has 7 heteroatoms. The van der Waals surface area contributed by atoms with Crippen LogP contribution >= 0.6 is 11.3 Å². The van der Waals surface area contributed by atoms with Crippen LogP contribution in [0.5, 0.6) is 0 Å². The van der Waals surface area contributed by atoms with Crippen molar-refractivity contribution >= 4 is 37.6 Å². The number of hydrogen-bond acceptors (Lipinski definition) is 7. The normalized spacial score (nSPS) is 16.2. The minimum atomic E-state index is -0.151. The lowest BCUT2D eigenvalue weighted by molar-refractivity contribution is -0.0411. The Morgan fingerprint density at radius 3 is 2.85 bits per heavy atom. The Balaban J connectivity index is 1.67. The standard InChI is InChI=1S/C20H27N5OS/c1-5-25(6-2)8-7-21-18-17-16(22-12-23-18)14-9-13-11-26-20(3,4)10-15(13)24-19(14)27-17/h9,12H,5-8,10-11H2,1-4H3,(H,21,22,23). The number of aromatic nitrogens is 3. The number of ether oxygens (including phenoxy) is 1. The Labute approximate surface area is 164 Å². The summed E-state index contributed by atoms with van der Waals surface area (Å²) in [5, 5.41) is 4.60. The molecule has 0 amide bonds. The molecule has 0 saturated heterocycles. The molecule has 0 spiro atoms. The number of nitrogens with one attached hydrogen (secondary N) is 1. The van der Waals surface area contributed by atoms with E-state index in [-0.39, 0.29) is 5.60 Å². The summed E-state index contributed by atoms with van der Waals surface area (Å²) in [7, 11) is 0. The Hall–Kier alpha value is -1.83. The van der Waals surface area contributed by atoms with Crippen molar-refractivity contribution in [2.45, 2.75) is 46.3 Å². The van der Waals surface area contributed by atoms with E-state index in [1.165, 1.54) is 5.56 Å². The lowest BCUT2D eigenvalue weighted by Crippen LogP contribution is -2.32. The molecular formula is C20H27N5OS. The summed E-state index contributed by atoms with van der Waals surface area (Å²) >= 11 is 1.68. The Kier molecular flexibility index (Phi) is 5.01. The van der Waals surface area contributed by atoms with Crippen LogP contribution in [-0.2, 0) is 17.8 Å². The predicted molar refractivity (Wildman–Crippen MR) is 112 cm³/mol. The fourth-order valence-electron chi connectivity index (χ4n) is 3.58. The van der Waals surface area contributed by atoms with Crippen LogP contribution < -0.4 is 5.32 Å². The van der Waals surface area contributed by atoms with Gasteiger partial charge in [0, 0.05) is 30.5 Å². The quantitative estimate of drug-likeness (QED) is 0.695. The molecular weight excluding hydrogens is 358 g/mol. The molecule has 27 heavy (non-hydrogen) atoms. The van der Waals surface area contributed by atoms with Crippen molar-refractivity contribution in [1.29, 1.82) is 0 Å². The maximum absolute atomic E-state index is 5.96. The third-order valence-electron chi connectivity index (χ3n) is 5.24. The SMILES string of the molecule is CCN(CC)CCNc1ncnc2c1sc1nc3c(cc12)COC(C)(C)C3. The van der Waals surface area contributed by atoms with Crippen molar-refractivity contribution in [3.05, 3.63) is 23.7 Å². The first kappa shape index (κ1) is 18.5. The lowest BCUT2D eigenvalue weighted by Gasteiger charge is -2.30. The van der Waals surface area contributed by atoms with Gasteiger partial charge in [-0.05, 0) is 33.0 Å². The summed E-state index contributed by atoms with van der Waals surface area (Å²) in [6.07, 6.45) is 2.49. The predicted octanol–water partition coefficient (Wildman–Crippen LogP) is 3.84. The summed E-state index contributed by atoms with van der Waals surface area (Å²) in [4.78, 5) is 17.4. The molecule has 1 N–H and O–H groups in total. The molecule has 144 valence electrons. The molecule has 4 rings (SSSR count). The molecule has 1 aliphatic heterocycles. The Morgan fingerprint density at radius 1 is 1.26 bits per heavy atom. The smallest absolute Gasteiger partial charge is 0.147 e. The largest absolute Gasteiger partial charge is 0.370 e. The summed E-state index contributed by atoms with van der Waals surface area (Å²) in [6.45, 7) is 13.2. The second-order valence-electron chi connectivity index (χ2n) is 7.63. The zero-order valence-corrected chi connectivity index (χ0v) is 17.3. The van der Waals surface area contributed by atoms with Crippen LogP contribution in [0.25, 0.3) is 20.4 Å². The number of pyridine rings is 1. The van der Waals surface area contributed by atoms with E-state index in [2.05, 4.69) is 53.9 Å². The molecule has 3 aromatic heterocycles. The van der Waals surface area contributed by atoms with E-state index in [1.807, 2.05) is 0 Å². The van der Waals surface area contributed by atoms with Crippen LogP contribution in [0.3, 0.4) is 0 Å². The van der Waals surface area contributed by atoms with Gasteiger partial charge in [0.05, 0.1) is 28.1 Å². The third-order valence-corrected chi connectivity index (χ3v) is 6.34. The zero-order valence-electron chi connectivity index (χ0n) is 16.5. The van der Waals surface area contributed by atoms with Gasteiger partial charge in [-0.3, -0.25) is 0 Å². The monoisotopic (exact) mass is 385 g/mol. The minimum Gasteiger partial charge on any atom is -0.370 e. The lowest BCUT2D eigenvalue weighted by atomic mass is 9.95. The van der Waals surface area contributed by atoms with Crippen LogP contribution in [0.4, 0.5) is 5.82 Å². The summed E-state index contributed by atoms with van der Waals surface area (Å²) in [5.41, 5.74) is 3.15. The van der Waals surface area contributed by atoms with Crippen LogP contribution in [-0.4, -0.2) is 51.6 Å². The number of fused-ring (bicyclic) bond motifs is 4. The van der Waals surface area contributed by atoms with Crippen molar-refractivity contribution in [2.24, 2.45) is 0 Å². The summed E-state index contributed by atoms with van der Waals surface area (Å²) in [5.74, 6) is 0.907. The van der Waals surface area contributed by atoms with Crippen molar-refractivity contribution in [1.82, 2.24) is 19.9 Å². The summed E-state index contributed by atoms with van der Waals surface area (Å²) in [6, 6.07) is 2.21. The van der Waals surface area contributed by atoms with Crippen molar-refractivity contribution in [3.8, 4) is 0 Å². The molecule has 0 radical (unpaired) electrons. The zero-order chi connectivity index (χ0) is 19.0. The van der Waals surface area contributed by atoms with E-state index in [0.717, 1.165) is 64.5 Å². The summed E-state index contributed by atoms with van der Waals surface area (Å²) < 4.78 is 7.05. The van der Waals surface area contributed by atoms with Crippen LogP contribution in [0.1, 0.15) is 39.0 Å². The highest BCUT2D eigenvalue weighted by molar-refractivity contribution is 7.25. The van der Waals surface area contributed by atoms with Gasteiger partial charge in [0.1, 0.15) is 17.0 Å². The highest BCUT2D eigenvalue weighted by Gasteiger charge is 2.28. The molecule has 3 aromatic rings. The highest BCUT2D eigenvalue weighted by Crippen LogP contribution is 2.37. The van der Waals surface area contributed by atoms with Gasteiger partial charge < -0.3 is 15.0 Å². The van der Waals surface area contributed by atoms with Gasteiger partial charge in [0.25, 0.3) is 0 Å². The maximum Gasteiger partial charge on any atom is 0.147 e. The van der Waals surface area contributed by atoms with Crippen LogP contribution in [0, 0.1) is 0 Å². The molecule has 1 aliphatic rings. The third kappa shape index (κ3) is 3.63. The number of anilines is 1. The van der Waals surface area contributed by atoms with Crippen molar-refractivity contribution in [2.75, 3.05) is 31.5 Å². The first-order chi connectivity index (χ1) is 13.0. The minimum absolute atomic E-state index is 0.151. The Bertz CT molecular complexity index is 964. The van der Waals surface area contributed by atoms with Gasteiger partial charge in [-0.25, -0.2) is 15.0 Å². The number of rotatable bonds is 6. The van der Waals surface area contributed by atoms with E-state index < -0.39 is 0 Å². The van der Waals surface area contributed by atoms with E-state index in [4.69, 9.17) is 9.72 Å². The van der Waals surface area contributed by atoms with Gasteiger partial charge in [0.15, 0.2) is 0 Å². The van der Waals surface area contributed by atoms with E-state index >= 15 is 0 Å². The first-order valence-electron chi connectivity index (χ1n) is 9.67. The maximum atomic E-state index is 5.96. The van der Waals surface area contributed by atoms with E-state index in [1.54, 1.807) is 17.7 Å². The van der Waals surface area contributed by atoms with E-state index in [0.29, 0.717) is 6.61 Å². The molecule has 6 nitrogen and oxygen atoms in total.